The van der Waals surface area contributed by atoms with Crippen LogP contribution in [0.3, 0.4) is 0 Å². The number of aldehydes is 1. The van der Waals surface area contributed by atoms with Crippen molar-refractivity contribution in [2.75, 3.05) is 7.11 Å². The van der Waals surface area contributed by atoms with Gasteiger partial charge >= 0.3 is 0 Å². The fourth-order valence-electron chi connectivity index (χ4n) is 3.19. The third-order valence-corrected chi connectivity index (χ3v) is 4.82. The quantitative estimate of drug-likeness (QED) is 0.536. The highest BCUT2D eigenvalue weighted by molar-refractivity contribution is 6.31. The van der Waals surface area contributed by atoms with Crippen LogP contribution in [0.1, 0.15) is 16.1 Å². The van der Waals surface area contributed by atoms with E-state index in [-0.39, 0.29) is 28.5 Å². The number of ether oxygens (including phenoxy) is 1. The van der Waals surface area contributed by atoms with E-state index in [0.717, 1.165) is 5.56 Å². The number of hydrogen-bond donors (Lipinski definition) is 1. The van der Waals surface area contributed by atoms with Gasteiger partial charge in [-0.1, -0.05) is 23.7 Å². The first kappa shape index (κ1) is 17.9. The third-order valence-electron chi connectivity index (χ3n) is 4.58. The van der Waals surface area contributed by atoms with E-state index in [1.165, 1.54) is 4.57 Å². The molecular weight excluding hydrogens is 382 g/mol. The summed E-state index contributed by atoms with van der Waals surface area (Å²) in [4.78, 5) is 37.6. The van der Waals surface area contributed by atoms with E-state index in [2.05, 4.69) is 10.2 Å². The summed E-state index contributed by atoms with van der Waals surface area (Å²) in [5.74, 6) is 0.690. The van der Waals surface area contributed by atoms with Crippen molar-refractivity contribution in [3.05, 3.63) is 79.3 Å². The lowest BCUT2D eigenvalue weighted by molar-refractivity contribution is 0.112. The van der Waals surface area contributed by atoms with E-state index in [9.17, 15) is 14.4 Å². The smallest absolute Gasteiger partial charge is 0.279 e. The number of aromatic nitrogens is 3. The molecule has 2 aromatic carbocycles. The van der Waals surface area contributed by atoms with Gasteiger partial charge in [-0.15, -0.1) is 0 Å². The van der Waals surface area contributed by atoms with Gasteiger partial charge in [-0.25, -0.2) is 0 Å². The molecule has 0 bridgehead atoms. The number of nitrogens with zero attached hydrogens (tertiary/aromatic N) is 2. The minimum Gasteiger partial charge on any atom is -0.497 e. The lowest BCUT2D eigenvalue weighted by Gasteiger charge is -2.08. The van der Waals surface area contributed by atoms with Gasteiger partial charge in [0.15, 0.2) is 17.2 Å². The molecule has 0 saturated carbocycles. The lowest BCUT2D eigenvalue weighted by Crippen LogP contribution is -2.19. The molecule has 0 aliphatic carbocycles. The lowest BCUT2D eigenvalue weighted by atomic mass is 10.2. The van der Waals surface area contributed by atoms with Crippen molar-refractivity contribution in [2.45, 2.75) is 6.54 Å². The Morgan fingerprint density at radius 3 is 2.61 bits per heavy atom. The maximum atomic E-state index is 13.2. The second-order valence-corrected chi connectivity index (χ2v) is 6.65. The van der Waals surface area contributed by atoms with Gasteiger partial charge in [-0.3, -0.25) is 19.5 Å². The summed E-state index contributed by atoms with van der Waals surface area (Å²) in [5.41, 5.74) is 0.122. The Morgan fingerprint density at radius 2 is 1.93 bits per heavy atom. The van der Waals surface area contributed by atoms with Gasteiger partial charge in [-0.05, 0) is 35.9 Å². The van der Waals surface area contributed by atoms with Crippen molar-refractivity contribution in [2.24, 2.45) is 0 Å². The van der Waals surface area contributed by atoms with Crippen molar-refractivity contribution in [3.8, 4) is 5.75 Å². The van der Waals surface area contributed by atoms with Crippen LogP contribution in [0.4, 0.5) is 0 Å². The second-order valence-electron chi connectivity index (χ2n) is 6.21. The molecule has 140 valence electrons. The van der Waals surface area contributed by atoms with E-state index in [1.807, 2.05) is 12.1 Å². The van der Waals surface area contributed by atoms with Crippen LogP contribution in [0.2, 0.25) is 5.02 Å². The number of benzene rings is 2. The van der Waals surface area contributed by atoms with E-state index < -0.39 is 11.0 Å². The zero-order valence-electron chi connectivity index (χ0n) is 14.7. The van der Waals surface area contributed by atoms with E-state index in [0.29, 0.717) is 22.6 Å². The molecule has 2 heterocycles. The number of methoxy groups -OCH3 is 1. The molecule has 0 saturated heterocycles. The summed E-state index contributed by atoms with van der Waals surface area (Å²) in [6, 6.07) is 11.9. The molecule has 7 nitrogen and oxygen atoms in total. The van der Waals surface area contributed by atoms with Gasteiger partial charge in [0.25, 0.3) is 5.56 Å². The van der Waals surface area contributed by atoms with Crippen LogP contribution in [-0.2, 0) is 6.54 Å². The number of rotatable bonds is 4. The molecule has 0 aliphatic rings. The summed E-state index contributed by atoms with van der Waals surface area (Å²) in [6.45, 7) is 0.187. The van der Waals surface area contributed by atoms with Crippen molar-refractivity contribution in [1.82, 2.24) is 14.8 Å². The van der Waals surface area contributed by atoms with Gasteiger partial charge in [0.05, 0.1) is 24.6 Å². The highest BCUT2D eigenvalue weighted by atomic mass is 35.5. The Labute approximate surface area is 163 Å². The molecule has 0 radical (unpaired) electrons. The van der Waals surface area contributed by atoms with Crippen molar-refractivity contribution < 1.29 is 9.53 Å². The third kappa shape index (κ3) is 2.86. The number of H-pyrrole nitrogens is 1. The molecule has 0 spiro atoms. The van der Waals surface area contributed by atoms with Gasteiger partial charge in [-0.2, -0.15) is 5.10 Å². The zero-order chi connectivity index (χ0) is 19.8. The molecule has 28 heavy (non-hydrogen) atoms. The molecule has 0 unspecified atom stereocenters. The van der Waals surface area contributed by atoms with E-state index in [1.54, 1.807) is 37.4 Å². The minimum absolute atomic E-state index is 0.0270. The number of halogens is 1. The molecule has 0 atom stereocenters. The average molecular weight is 396 g/mol. The molecular formula is C20H14ClN3O4. The standard InChI is InChI=1S/C20H14ClN3O4/c1-28-13-5-2-11(3-6-13)9-24-16-8-12(21)4-7-14(16)19(26)17-15(10-25)22-23-18(17)20(24)27/h2-8,10H,9H2,1H3,(H,22,23). The topological polar surface area (TPSA) is 94.1 Å². The second kappa shape index (κ2) is 6.94. The summed E-state index contributed by atoms with van der Waals surface area (Å²) in [7, 11) is 1.57. The molecule has 2 aromatic heterocycles. The predicted molar refractivity (Wildman–Crippen MR) is 107 cm³/mol. The SMILES string of the molecule is COc1ccc(Cn2c(=O)c3n[nH]c(C=O)c3c(=O)c3ccc(Cl)cc32)cc1. The van der Waals surface area contributed by atoms with Crippen LogP contribution in [-0.4, -0.2) is 28.2 Å². The van der Waals surface area contributed by atoms with Crippen LogP contribution in [0.5, 0.6) is 5.75 Å². The molecule has 0 fully saturated rings. The van der Waals surface area contributed by atoms with Gasteiger partial charge in [0, 0.05) is 10.4 Å². The monoisotopic (exact) mass is 395 g/mol. The maximum Gasteiger partial charge on any atom is 0.279 e. The van der Waals surface area contributed by atoms with Crippen molar-refractivity contribution >= 4 is 39.7 Å². The highest BCUT2D eigenvalue weighted by Gasteiger charge is 2.17. The highest BCUT2D eigenvalue weighted by Crippen LogP contribution is 2.19. The predicted octanol–water partition coefficient (Wildman–Crippen LogP) is 2.76. The van der Waals surface area contributed by atoms with Crippen molar-refractivity contribution in [3.63, 3.8) is 0 Å². The van der Waals surface area contributed by atoms with Crippen LogP contribution in [0.25, 0.3) is 21.8 Å². The number of fused-ring (bicyclic) bond motifs is 2. The van der Waals surface area contributed by atoms with Crippen LogP contribution in [0.15, 0.2) is 52.1 Å². The fourth-order valence-corrected chi connectivity index (χ4v) is 3.35. The number of aromatic amines is 1. The summed E-state index contributed by atoms with van der Waals surface area (Å²) in [5, 5.41) is 7.02. The zero-order valence-corrected chi connectivity index (χ0v) is 15.5. The molecule has 4 rings (SSSR count). The number of hydrogen-bond acceptors (Lipinski definition) is 5. The average Bonchev–Trinajstić information content (AvgIpc) is 3.12. The Hall–Kier alpha value is -3.45. The van der Waals surface area contributed by atoms with E-state index in [4.69, 9.17) is 16.3 Å². The van der Waals surface area contributed by atoms with Crippen LogP contribution < -0.4 is 15.7 Å². The summed E-state index contributed by atoms with van der Waals surface area (Å²) in [6.07, 6.45) is 0.478. The molecule has 0 aliphatic heterocycles. The minimum atomic E-state index is -0.496. The first-order valence-electron chi connectivity index (χ1n) is 8.36. The van der Waals surface area contributed by atoms with Gasteiger partial charge in [0.1, 0.15) is 11.4 Å². The van der Waals surface area contributed by atoms with Gasteiger partial charge in [0.2, 0.25) is 0 Å². The van der Waals surface area contributed by atoms with Gasteiger partial charge < -0.3 is 9.30 Å². The van der Waals surface area contributed by atoms with E-state index >= 15 is 0 Å². The largest absolute Gasteiger partial charge is 0.497 e. The maximum absolute atomic E-state index is 13.2. The molecule has 4 aromatic rings. The van der Waals surface area contributed by atoms with Crippen LogP contribution in [0, 0.1) is 0 Å². The normalized spacial score (nSPS) is 11.1. The fraction of sp³-hybridized carbons (Fsp3) is 0.100. The number of nitrogens with one attached hydrogen (secondary N) is 1. The Balaban J connectivity index is 2.10. The Kier molecular flexibility index (Phi) is 4.44. The summed E-state index contributed by atoms with van der Waals surface area (Å²) < 4.78 is 6.59. The first-order chi connectivity index (χ1) is 13.5. The van der Waals surface area contributed by atoms with Crippen LogP contribution >= 0.6 is 11.6 Å². The molecule has 8 heteroatoms. The Bertz CT molecular complexity index is 1340. The number of carbonyl (C=O) groups is 1. The van der Waals surface area contributed by atoms with Crippen molar-refractivity contribution in [1.29, 1.82) is 0 Å². The summed E-state index contributed by atoms with van der Waals surface area (Å²) >= 11 is 6.13. The Morgan fingerprint density at radius 1 is 1.18 bits per heavy atom. The number of carbonyl (C=O) groups excluding carboxylic acids is 1. The first-order valence-corrected chi connectivity index (χ1v) is 8.74. The molecule has 1 N–H and O–H groups in total. The molecule has 0 amide bonds.